The van der Waals surface area contributed by atoms with Crippen molar-refractivity contribution in [2.24, 2.45) is 0 Å². The Balaban J connectivity index is 3.60. The van der Waals surface area contributed by atoms with Crippen LogP contribution in [0.5, 0.6) is 0 Å². The molecule has 0 bridgehead atoms. The maximum atomic E-state index is 11.8. The van der Waals surface area contributed by atoms with Crippen molar-refractivity contribution < 1.29 is 23.9 Å². The fourth-order valence-electron chi connectivity index (χ4n) is 4.30. The second kappa shape index (κ2) is 19.7. The third-order valence-corrected chi connectivity index (χ3v) is 7.72. The van der Waals surface area contributed by atoms with Crippen molar-refractivity contribution in [2.45, 2.75) is 128 Å². The topological polar surface area (TPSA) is 77.8 Å². The number of unbranched alkanes of at least 4 members (excludes halogenated alkanes) is 14. The first-order valence-electron chi connectivity index (χ1n) is 13.9. The van der Waals surface area contributed by atoms with Gasteiger partial charge >= 0.3 is 7.60 Å². The van der Waals surface area contributed by atoms with Gasteiger partial charge in [-0.2, -0.15) is 0 Å². The second-order valence-electron chi connectivity index (χ2n) is 11.1. The number of aliphatic hydroxyl groups is 1. The predicted octanol–water partition coefficient (Wildman–Crippen LogP) is 7.71. The number of likely N-dealkylation sites (N-methyl/N-ethyl adjacent to an activating group) is 1. The van der Waals surface area contributed by atoms with Gasteiger partial charge in [-0.3, -0.25) is 4.57 Å². The first-order valence-corrected chi connectivity index (χ1v) is 15.5. The molecule has 0 saturated heterocycles. The monoisotopic (exact) mass is 502 g/mol. The van der Waals surface area contributed by atoms with Gasteiger partial charge in [-0.15, -0.1) is 0 Å². The molecule has 5 nitrogen and oxygen atoms in total. The highest BCUT2D eigenvalue weighted by molar-refractivity contribution is 7.53. The fourth-order valence-corrected chi connectivity index (χ4v) is 5.36. The molecule has 0 aromatic heterocycles. The summed E-state index contributed by atoms with van der Waals surface area (Å²) in [5, 5.41) is 8.63. The van der Waals surface area contributed by atoms with E-state index in [2.05, 4.69) is 31.2 Å². The Bertz CT molecular complexity index is 579. The third-order valence-electron chi connectivity index (χ3n) is 6.27. The highest BCUT2D eigenvalue weighted by Crippen LogP contribution is 2.52. The first-order chi connectivity index (χ1) is 16.0. The number of hydrogen-bond acceptors (Lipinski definition) is 2. The molecular weight excluding hydrogens is 445 g/mol. The standard InChI is InChI=1S/C28H56NO4P/c1-5-6-7-8-9-10-11-12-13-14-15-16-17-18-19-20-21-22-23-24-25-26-28(30,34(31,32)33)27-29(2,3)4/h8-9,19-20,30H,5-7,10-18,21-27H2,1-4H3,(H-,31,32,33)/p+1/b9-8-,20-19-. The Morgan fingerprint density at radius 1 is 0.647 bits per heavy atom. The predicted molar refractivity (Wildman–Crippen MR) is 147 cm³/mol. The van der Waals surface area contributed by atoms with Crippen LogP contribution in [0.2, 0.25) is 0 Å². The van der Waals surface area contributed by atoms with E-state index in [9.17, 15) is 19.5 Å². The van der Waals surface area contributed by atoms with Crippen LogP contribution in [0.1, 0.15) is 122 Å². The van der Waals surface area contributed by atoms with Crippen LogP contribution in [0, 0.1) is 0 Å². The summed E-state index contributed by atoms with van der Waals surface area (Å²) in [6.45, 7) is 2.30. The van der Waals surface area contributed by atoms with E-state index in [0.717, 1.165) is 25.7 Å². The molecule has 0 aliphatic heterocycles. The van der Waals surface area contributed by atoms with Gasteiger partial charge in [0.25, 0.3) is 0 Å². The summed E-state index contributed by atoms with van der Waals surface area (Å²) in [5.74, 6) is 0. The third kappa shape index (κ3) is 19.8. The molecule has 0 saturated carbocycles. The molecule has 0 heterocycles. The maximum absolute atomic E-state index is 11.8. The smallest absolute Gasteiger partial charge is 0.362 e. The van der Waals surface area contributed by atoms with Crippen LogP contribution < -0.4 is 0 Å². The van der Waals surface area contributed by atoms with Crippen molar-refractivity contribution in [3.8, 4) is 0 Å². The van der Waals surface area contributed by atoms with Gasteiger partial charge in [0.15, 0.2) is 0 Å². The summed E-state index contributed by atoms with van der Waals surface area (Å²) in [5.41, 5.74) is 0. The van der Waals surface area contributed by atoms with Crippen molar-refractivity contribution in [2.75, 3.05) is 27.7 Å². The average Bonchev–Trinajstić information content (AvgIpc) is 2.73. The molecule has 0 amide bonds. The van der Waals surface area contributed by atoms with Gasteiger partial charge in [0.2, 0.25) is 5.34 Å². The van der Waals surface area contributed by atoms with Gasteiger partial charge in [0.1, 0.15) is 6.54 Å². The molecule has 0 aromatic carbocycles. The highest BCUT2D eigenvalue weighted by atomic mass is 31.2. The van der Waals surface area contributed by atoms with E-state index in [4.69, 9.17) is 0 Å². The molecule has 6 heteroatoms. The molecule has 1 atom stereocenters. The van der Waals surface area contributed by atoms with Crippen molar-refractivity contribution in [3.63, 3.8) is 0 Å². The Kier molecular flexibility index (Phi) is 19.4. The first kappa shape index (κ1) is 33.5. The van der Waals surface area contributed by atoms with E-state index in [1.54, 1.807) is 0 Å². The zero-order valence-corrected chi connectivity index (χ0v) is 23.8. The minimum absolute atomic E-state index is 0.0524. The van der Waals surface area contributed by atoms with Crippen LogP contribution in [-0.4, -0.2) is 52.4 Å². The van der Waals surface area contributed by atoms with Crippen molar-refractivity contribution in [3.05, 3.63) is 24.3 Å². The lowest BCUT2D eigenvalue weighted by atomic mass is 10.1. The van der Waals surface area contributed by atoms with Gasteiger partial charge in [-0.05, 0) is 57.8 Å². The number of hydrogen-bond donors (Lipinski definition) is 3. The molecule has 1 unspecified atom stereocenters. The highest BCUT2D eigenvalue weighted by Gasteiger charge is 2.48. The van der Waals surface area contributed by atoms with Gasteiger partial charge in [-0.25, -0.2) is 0 Å². The fraction of sp³-hybridized carbons (Fsp3) is 0.857. The molecule has 3 N–H and O–H groups in total. The molecule has 0 rings (SSSR count). The van der Waals surface area contributed by atoms with Crippen LogP contribution in [0.25, 0.3) is 0 Å². The lowest BCUT2D eigenvalue weighted by Gasteiger charge is -2.35. The van der Waals surface area contributed by atoms with E-state index in [1.165, 1.54) is 77.0 Å². The molecular formula is C28H57NO4P+. The Hall–Kier alpha value is -0.450. The summed E-state index contributed by atoms with van der Waals surface area (Å²) >= 11 is 0. The van der Waals surface area contributed by atoms with Crippen molar-refractivity contribution >= 4 is 7.60 Å². The lowest BCUT2D eigenvalue weighted by Crippen LogP contribution is -2.49. The van der Waals surface area contributed by atoms with E-state index >= 15 is 0 Å². The van der Waals surface area contributed by atoms with E-state index < -0.39 is 12.9 Å². The van der Waals surface area contributed by atoms with Crippen LogP contribution in [0.3, 0.4) is 0 Å². The van der Waals surface area contributed by atoms with Crippen LogP contribution in [0.4, 0.5) is 0 Å². The summed E-state index contributed by atoms with van der Waals surface area (Å²) in [6, 6.07) is 0. The Morgan fingerprint density at radius 2 is 1.00 bits per heavy atom. The summed E-state index contributed by atoms with van der Waals surface area (Å²) in [6.07, 6.45) is 29.8. The van der Waals surface area contributed by atoms with Gasteiger partial charge in [0.05, 0.1) is 21.1 Å². The van der Waals surface area contributed by atoms with Crippen LogP contribution in [0.15, 0.2) is 24.3 Å². The largest absolute Gasteiger partial charge is 0.373 e. The molecule has 0 radical (unpaired) electrons. The van der Waals surface area contributed by atoms with Gasteiger partial charge in [-0.1, -0.05) is 89.0 Å². The molecule has 202 valence electrons. The molecule has 0 fully saturated rings. The van der Waals surface area contributed by atoms with Crippen molar-refractivity contribution in [1.29, 1.82) is 0 Å². The van der Waals surface area contributed by atoms with E-state index in [1.807, 2.05) is 21.1 Å². The molecule has 0 aliphatic carbocycles. The van der Waals surface area contributed by atoms with Gasteiger partial charge < -0.3 is 19.4 Å². The van der Waals surface area contributed by atoms with Gasteiger partial charge in [0, 0.05) is 0 Å². The summed E-state index contributed by atoms with van der Waals surface area (Å²) < 4.78 is 12.1. The normalized spacial score (nSPS) is 14.9. The Morgan fingerprint density at radius 3 is 1.35 bits per heavy atom. The van der Waals surface area contributed by atoms with Crippen LogP contribution in [-0.2, 0) is 4.57 Å². The number of allylic oxidation sites excluding steroid dienone is 4. The lowest BCUT2D eigenvalue weighted by molar-refractivity contribution is -0.875. The quantitative estimate of drug-likeness (QED) is 0.0578. The zero-order chi connectivity index (χ0) is 25.8. The minimum Gasteiger partial charge on any atom is -0.373 e. The number of nitrogens with zero attached hydrogens (tertiary/aromatic N) is 1. The molecule has 0 aliphatic rings. The molecule has 34 heavy (non-hydrogen) atoms. The second-order valence-corrected chi connectivity index (χ2v) is 13.0. The minimum atomic E-state index is -4.55. The maximum Gasteiger partial charge on any atom is 0.362 e. The molecule has 0 spiro atoms. The average molecular weight is 503 g/mol. The van der Waals surface area contributed by atoms with E-state index in [-0.39, 0.29) is 13.0 Å². The molecule has 0 aromatic rings. The Labute approximate surface area is 211 Å². The summed E-state index contributed by atoms with van der Waals surface area (Å²) in [4.78, 5) is 19.2. The number of quaternary nitrogens is 1. The number of rotatable bonds is 23. The van der Waals surface area contributed by atoms with Crippen LogP contribution >= 0.6 is 7.60 Å². The van der Waals surface area contributed by atoms with Crippen molar-refractivity contribution in [1.82, 2.24) is 0 Å². The summed E-state index contributed by atoms with van der Waals surface area (Å²) in [7, 11) is 0.955. The zero-order valence-electron chi connectivity index (χ0n) is 22.9. The SMILES string of the molecule is CCCC/C=C\CCCCCCCCC/C=C\CCCCCCC(O)(C[N+](C)(C)C)P(=O)(O)O. The van der Waals surface area contributed by atoms with E-state index in [0.29, 0.717) is 10.9 Å².